The van der Waals surface area contributed by atoms with Crippen molar-refractivity contribution in [1.82, 2.24) is 4.98 Å². The number of halogens is 3. The number of hydrogen-bond acceptors (Lipinski definition) is 3. The second kappa shape index (κ2) is 5.88. The Morgan fingerprint density at radius 3 is 2.31 bits per heavy atom. The van der Waals surface area contributed by atoms with Crippen molar-refractivity contribution in [2.24, 2.45) is 0 Å². The molecule has 1 aromatic heterocycles. The van der Waals surface area contributed by atoms with Crippen molar-refractivity contribution >= 4 is 45.9 Å². The van der Waals surface area contributed by atoms with Crippen molar-refractivity contribution < 1.29 is 38.3 Å². The zero-order chi connectivity index (χ0) is 9.30. The molecule has 0 aliphatic rings. The summed E-state index contributed by atoms with van der Waals surface area (Å²) in [6, 6.07) is 1.21. The number of pyridine rings is 1. The summed E-state index contributed by atoms with van der Waals surface area (Å²) >= 11 is 13.9. The van der Waals surface area contributed by atoms with E-state index in [1.807, 2.05) is 0 Å². The predicted molar refractivity (Wildman–Crippen MR) is 46.5 cm³/mol. The Morgan fingerprint density at radius 2 is 1.92 bits per heavy atom. The van der Waals surface area contributed by atoms with Gasteiger partial charge in [-0.05, 0) is 17.1 Å². The van der Waals surface area contributed by atoms with Crippen LogP contribution in [0.3, 0.4) is 0 Å². The molecule has 0 saturated heterocycles. The van der Waals surface area contributed by atoms with E-state index < -0.39 is 11.1 Å². The SMILES string of the molecule is O=S([O-])c1c(Cl)cc(Cl)nc1Cl.[Na+]. The van der Waals surface area contributed by atoms with Crippen LogP contribution in [-0.2, 0) is 11.1 Å². The van der Waals surface area contributed by atoms with Gasteiger partial charge in [0, 0.05) is 0 Å². The second-order valence-electron chi connectivity index (χ2n) is 1.78. The molecule has 3 nitrogen and oxygen atoms in total. The monoisotopic (exact) mass is 267 g/mol. The molecule has 0 N–H and O–H groups in total. The van der Waals surface area contributed by atoms with E-state index in [4.69, 9.17) is 34.8 Å². The van der Waals surface area contributed by atoms with E-state index in [0.29, 0.717) is 0 Å². The summed E-state index contributed by atoms with van der Waals surface area (Å²) < 4.78 is 21.0. The summed E-state index contributed by atoms with van der Waals surface area (Å²) in [7, 11) is 0. The van der Waals surface area contributed by atoms with E-state index in [-0.39, 0.29) is 49.8 Å². The van der Waals surface area contributed by atoms with Crippen molar-refractivity contribution in [1.29, 1.82) is 0 Å². The van der Waals surface area contributed by atoms with E-state index in [2.05, 4.69) is 4.98 Å². The molecule has 1 unspecified atom stereocenters. The van der Waals surface area contributed by atoms with E-state index >= 15 is 0 Å². The van der Waals surface area contributed by atoms with Gasteiger partial charge in [-0.3, -0.25) is 4.21 Å². The molecule has 0 spiro atoms. The van der Waals surface area contributed by atoms with Crippen LogP contribution < -0.4 is 29.6 Å². The molecular weight excluding hydrogens is 267 g/mol. The third-order valence-electron chi connectivity index (χ3n) is 1.02. The maximum atomic E-state index is 10.5. The van der Waals surface area contributed by atoms with E-state index in [0.717, 1.165) is 0 Å². The molecule has 0 radical (unpaired) electrons. The Hall–Kier alpha value is 1.13. The topological polar surface area (TPSA) is 53.0 Å². The van der Waals surface area contributed by atoms with Crippen molar-refractivity contribution in [3.63, 3.8) is 0 Å². The van der Waals surface area contributed by atoms with Crippen LogP contribution >= 0.6 is 34.8 Å². The van der Waals surface area contributed by atoms with Crippen LogP contribution in [0.2, 0.25) is 15.3 Å². The molecule has 8 heteroatoms. The molecule has 0 bridgehead atoms. The first kappa shape index (κ1) is 14.1. The Morgan fingerprint density at radius 1 is 1.38 bits per heavy atom. The fourth-order valence-electron chi connectivity index (χ4n) is 0.594. The molecule has 1 atom stereocenters. The molecule has 0 fully saturated rings. The minimum absolute atomic E-state index is 0. The zero-order valence-corrected chi connectivity index (χ0v) is 11.5. The van der Waals surface area contributed by atoms with Crippen molar-refractivity contribution in [2.75, 3.05) is 0 Å². The van der Waals surface area contributed by atoms with Crippen molar-refractivity contribution in [3.05, 3.63) is 21.4 Å². The summed E-state index contributed by atoms with van der Waals surface area (Å²) in [6.45, 7) is 0. The van der Waals surface area contributed by atoms with Gasteiger partial charge in [-0.1, -0.05) is 34.8 Å². The first-order valence-electron chi connectivity index (χ1n) is 2.63. The van der Waals surface area contributed by atoms with Crippen LogP contribution in [-0.4, -0.2) is 13.7 Å². The molecule has 13 heavy (non-hydrogen) atoms. The van der Waals surface area contributed by atoms with E-state index in [1.54, 1.807) is 0 Å². The molecule has 1 aromatic rings. The molecular formula is C5HCl3NNaO2S. The van der Waals surface area contributed by atoms with Gasteiger partial charge in [-0.25, -0.2) is 4.98 Å². The normalized spacial score (nSPS) is 12.0. The van der Waals surface area contributed by atoms with Crippen LogP contribution in [0.1, 0.15) is 0 Å². The van der Waals surface area contributed by atoms with Gasteiger partial charge in [-0.15, -0.1) is 0 Å². The van der Waals surface area contributed by atoms with Gasteiger partial charge in [0.05, 0.1) is 9.92 Å². The largest absolute Gasteiger partial charge is 1.00 e. The van der Waals surface area contributed by atoms with Gasteiger partial charge >= 0.3 is 29.6 Å². The van der Waals surface area contributed by atoms with Gasteiger partial charge in [0.15, 0.2) is 0 Å². The minimum atomic E-state index is -2.50. The van der Waals surface area contributed by atoms with E-state index in [1.165, 1.54) is 6.07 Å². The van der Waals surface area contributed by atoms with E-state index in [9.17, 15) is 8.76 Å². The third-order valence-corrected chi connectivity index (χ3v) is 2.76. The summed E-state index contributed by atoms with van der Waals surface area (Å²) in [5.41, 5.74) is 0. The number of nitrogens with zero attached hydrogens (tertiary/aromatic N) is 1. The average Bonchev–Trinajstić information content (AvgIpc) is 1.82. The number of aromatic nitrogens is 1. The second-order valence-corrected chi connectivity index (χ2v) is 3.81. The summed E-state index contributed by atoms with van der Waals surface area (Å²) in [5, 5.41) is -0.201. The van der Waals surface area contributed by atoms with Crippen LogP contribution in [0.4, 0.5) is 0 Å². The fourth-order valence-corrected chi connectivity index (χ4v) is 2.10. The maximum absolute atomic E-state index is 10.5. The minimum Gasteiger partial charge on any atom is -0.768 e. The molecule has 0 saturated carbocycles. The molecule has 0 aromatic carbocycles. The van der Waals surface area contributed by atoms with Crippen molar-refractivity contribution in [2.45, 2.75) is 4.90 Å². The molecule has 66 valence electrons. The first-order chi connectivity index (χ1) is 5.52. The molecule has 1 heterocycles. The standard InChI is InChI=1S/C5H2Cl3NO2S.Na/c6-2-1-3(7)9-5(8)4(2)12(10)11;/h1H,(H,10,11);/q;+1/p-1. The Bertz CT molecular complexity index is 326. The van der Waals surface area contributed by atoms with Crippen LogP contribution in [0.15, 0.2) is 11.0 Å². The van der Waals surface area contributed by atoms with Crippen LogP contribution in [0.5, 0.6) is 0 Å². The number of hydrogen-bond donors (Lipinski definition) is 0. The molecule has 0 aliphatic heterocycles. The molecule has 1 rings (SSSR count). The Labute approximate surface area is 114 Å². The fraction of sp³-hybridized carbons (Fsp3) is 0. The van der Waals surface area contributed by atoms with Crippen molar-refractivity contribution in [3.8, 4) is 0 Å². The summed E-state index contributed by atoms with van der Waals surface area (Å²) in [5.74, 6) is 0. The van der Waals surface area contributed by atoms with Gasteiger partial charge in [0.2, 0.25) is 0 Å². The molecule has 0 amide bonds. The van der Waals surface area contributed by atoms with Gasteiger partial charge in [0.1, 0.15) is 10.3 Å². The summed E-state index contributed by atoms with van der Waals surface area (Å²) in [4.78, 5) is 3.28. The first-order valence-corrected chi connectivity index (χ1v) is 4.84. The predicted octanol–water partition coefficient (Wildman–Crippen LogP) is -0.716. The van der Waals surface area contributed by atoms with Crippen LogP contribution in [0.25, 0.3) is 0 Å². The zero-order valence-electron chi connectivity index (χ0n) is 6.38. The quantitative estimate of drug-likeness (QED) is 0.384. The average molecular weight is 268 g/mol. The Kier molecular flexibility index (Phi) is 6.39. The van der Waals surface area contributed by atoms with Crippen LogP contribution in [0, 0.1) is 0 Å². The number of rotatable bonds is 1. The summed E-state index contributed by atoms with van der Waals surface area (Å²) in [6.07, 6.45) is 0. The smallest absolute Gasteiger partial charge is 0.768 e. The van der Waals surface area contributed by atoms with Gasteiger partial charge < -0.3 is 4.55 Å². The maximum Gasteiger partial charge on any atom is 1.00 e. The van der Waals surface area contributed by atoms with Gasteiger partial charge in [-0.2, -0.15) is 0 Å². The third kappa shape index (κ3) is 3.64. The molecule has 0 aliphatic carbocycles. The Balaban J connectivity index is 0.00000144. The van der Waals surface area contributed by atoms with Gasteiger partial charge in [0.25, 0.3) is 0 Å².